The van der Waals surface area contributed by atoms with Gasteiger partial charge < -0.3 is 15.8 Å². The van der Waals surface area contributed by atoms with Crippen molar-refractivity contribution in [1.82, 2.24) is 15.3 Å². The molecular formula is C14H15ClN4O. The Bertz CT molecular complexity index is 614. The van der Waals surface area contributed by atoms with E-state index in [0.29, 0.717) is 12.3 Å². The second-order valence-electron chi connectivity index (χ2n) is 4.64. The van der Waals surface area contributed by atoms with E-state index in [1.165, 1.54) is 0 Å². The number of aromatic nitrogens is 2. The maximum absolute atomic E-state index is 6.03. The van der Waals surface area contributed by atoms with Crippen LogP contribution in [0.15, 0.2) is 30.3 Å². The van der Waals surface area contributed by atoms with Crippen molar-refractivity contribution in [2.75, 3.05) is 25.4 Å². The quantitative estimate of drug-likeness (QED) is 0.654. The van der Waals surface area contributed by atoms with E-state index in [1.807, 2.05) is 30.3 Å². The largest absolute Gasteiger partial charge is 0.399 e. The lowest BCUT2D eigenvalue weighted by molar-refractivity contribution is 0.0250. The SMILES string of the molecule is Nc1cccc(-c2cc(C3CNCCO3)nc(Cl)n2)c1. The van der Waals surface area contributed by atoms with Crippen LogP contribution in [0.1, 0.15) is 11.8 Å². The summed E-state index contributed by atoms with van der Waals surface area (Å²) in [4.78, 5) is 8.53. The third-order valence-corrected chi connectivity index (χ3v) is 3.33. The molecule has 1 aromatic heterocycles. The number of morpholine rings is 1. The van der Waals surface area contributed by atoms with Crippen LogP contribution in [0, 0.1) is 0 Å². The molecular weight excluding hydrogens is 276 g/mol. The number of halogens is 1. The molecule has 1 unspecified atom stereocenters. The second-order valence-corrected chi connectivity index (χ2v) is 4.97. The van der Waals surface area contributed by atoms with Crippen molar-refractivity contribution < 1.29 is 4.74 Å². The highest BCUT2D eigenvalue weighted by Crippen LogP contribution is 2.25. The fourth-order valence-corrected chi connectivity index (χ4v) is 2.39. The zero-order valence-corrected chi connectivity index (χ0v) is 11.6. The van der Waals surface area contributed by atoms with E-state index in [1.54, 1.807) is 0 Å². The summed E-state index contributed by atoms with van der Waals surface area (Å²) < 4.78 is 5.70. The molecule has 2 heterocycles. The molecule has 104 valence electrons. The molecule has 3 rings (SSSR count). The van der Waals surface area contributed by atoms with Crippen LogP contribution >= 0.6 is 11.6 Å². The van der Waals surface area contributed by atoms with Crippen molar-refractivity contribution in [2.45, 2.75) is 6.10 Å². The van der Waals surface area contributed by atoms with Gasteiger partial charge in [-0.1, -0.05) is 12.1 Å². The van der Waals surface area contributed by atoms with Crippen molar-refractivity contribution in [2.24, 2.45) is 0 Å². The monoisotopic (exact) mass is 290 g/mol. The van der Waals surface area contributed by atoms with Gasteiger partial charge in [0.1, 0.15) is 6.10 Å². The normalized spacial score (nSPS) is 18.9. The first-order valence-electron chi connectivity index (χ1n) is 6.45. The minimum absolute atomic E-state index is 0.0935. The van der Waals surface area contributed by atoms with Crippen molar-refractivity contribution in [3.8, 4) is 11.3 Å². The van der Waals surface area contributed by atoms with E-state index in [0.717, 1.165) is 30.0 Å². The summed E-state index contributed by atoms with van der Waals surface area (Å²) in [5.74, 6) is 0. The minimum atomic E-state index is -0.0935. The lowest BCUT2D eigenvalue weighted by Crippen LogP contribution is -2.33. The highest BCUT2D eigenvalue weighted by molar-refractivity contribution is 6.28. The van der Waals surface area contributed by atoms with Gasteiger partial charge in [0.15, 0.2) is 0 Å². The lowest BCUT2D eigenvalue weighted by atomic mass is 10.1. The Balaban J connectivity index is 1.97. The van der Waals surface area contributed by atoms with Crippen LogP contribution in [-0.4, -0.2) is 29.7 Å². The van der Waals surface area contributed by atoms with E-state index in [4.69, 9.17) is 22.1 Å². The number of rotatable bonds is 2. The number of ether oxygens (including phenoxy) is 1. The van der Waals surface area contributed by atoms with Gasteiger partial charge in [-0.05, 0) is 29.8 Å². The first kappa shape index (κ1) is 13.3. The van der Waals surface area contributed by atoms with E-state index in [-0.39, 0.29) is 11.4 Å². The number of hydrogen-bond donors (Lipinski definition) is 2. The highest BCUT2D eigenvalue weighted by Gasteiger charge is 2.19. The van der Waals surface area contributed by atoms with Crippen molar-refractivity contribution >= 4 is 17.3 Å². The smallest absolute Gasteiger partial charge is 0.223 e. The average Bonchev–Trinajstić information content (AvgIpc) is 2.47. The summed E-state index contributed by atoms with van der Waals surface area (Å²) in [5, 5.41) is 3.49. The van der Waals surface area contributed by atoms with Gasteiger partial charge >= 0.3 is 0 Å². The number of nitrogens with zero attached hydrogens (tertiary/aromatic N) is 2. The van der Waals surface area contributed by atoms with Crippen LogP contribution in [0.2, 0.25) is 5.28 Å². The molecule has 6 heteroatoms. The summed E-state index contributed by atoms with van der Waals surface area (Å²) in [6.07, 6.45) is -0.0935. The number of anilines is 1. The summed E-state index contributed by atoms with van der Waals surface area (Å²) in [6, 6.07) is 9.43. The molecule has 2 aromatic rings. The third-order valence-electron chi connectivity index (χ3n) is 3.16. The van der Waals surface area contributed by atoms with Crippen molar-refractivity contribution in [3.05, 3.63) is 41.3 Å². The second kappa shape index (κ2) is 5.75. The molecule has 5 nitrogen and oxygen atoms in total. The molecule has 1 aliphatic heterocycles. The number of nitrogens with two attached hydrogens (primary N) is 1. The van der Waals surface area contributed by atoms with Gasteiger partial charge in [-0.2, -0.15) is 0 Å². The molecule has 0 bridgehead atoms. The maximum Gasteiger partial charge on any atom is 0.223 e. The fourth-order valence-electron chi connectivity index (χ4n) is 2.20. The van der Waals surface area contributed by atoms with Gasteiger partial charge in [-0.15, -0.1) is 0 Å². The van der Waals surface area contributed by atoms with Crippen LogP contribution in [0.4, 0.5) is 5.69 Å². The number of benzene rings is 1. The number of nitrogens with one attached hydrogen (secondary N) is 1. The molecule has 0 saturated carbocycles. The van der Waals surface area contributed by atoms with E-state index in [9.17, 15) is 0 Å². The molecule has 3 N–H and O–H groups in total. The minimum Gasteiger partial charge on any atom is -0.399 e. The topological polar surface area (TPSA) is 73.1 Å². The molecule has 0 aliphatic carbocycles. The van der Waals surface area contributed by atoms with Gasteiger partial charge in [0.25, 0.3) is 0 Å². The zero-order chi connectivity index (χ0) is 13.9. The fraction of sp³-hybridized carbons (Fsp3) is 0.286. The summed E-state index contributed by atoms with van der Waals surface area (Å²) in [6.45, 7) is 2.25. The maximum atomic E-state index is 6.03. The standard InChI is InChI=1S/C14H15ClN4O/c15-14-18-11(9-2-1-3-10(16)6-9)7-12(19-14)13-8-17-4-5-20-13/h1-3,6-7,13,17H,4-5,8,16H2. The van der Waals surface area contributed by atoms with Gasteiger partial charge in [0, 0.05) is 24.3 Å². The van der Waals surface area contributed by atoms with Gasteiger partial charge in [0.2, 0.25) is 5.28 Å². The Morgan fingerprint density at radius 3 is 2.95 bits per heavy atom. The summed E-state index contributed by atoms with van der Waals surface area (Å²) in [7, 11) is 0. The van der Waals surface area contributed by atoms with Crippen molar-refractivity contribution in [1.29, 1.82) is 0 Å². The van der Waals surface area contributed by atoms with Crippen LogP contribution < -0.4 is 11.1 Å². The lowest BCUT2D eigenvalue weighted by Gasteiger charge is -2.23. The third kappa shape index (κ3) is 2.90. The highest BCUT2D eigenvalue weighted by atomic mass is 35.5. The van der Waals surface area contributed by atoms with Crippen LogP contribution in [0.25, 0.3) is 11.3 Å². The molecule has 1 aliphatic rings. The first-order valence-corrected chi connectivity index (χ1v) is 6.83. The zero-order valence-electron chi connectivity index (χ0n) is 10.8. The number of nitrogen functional groups attached to an aromatic ring is 1. The number of hydrogen-bond acceptors (Lipinski definition) is 5. The van der Waals surface area contributed by atoms with E-state index in [2.05, 4.69) is 15.3 Å². The summed E-state index contributed by atoms with van der Waals surface area (Å²) in [5.41, 5.74) is 8.95. The van der Waals surface area contributed by atoms with Gasteiger partial charge in [-0.3, -0.25) is 0 Å². The molecule has 1 atom stereocenters. The van der Waals surface area contributed by atoms with Crippen molar-refractivity contribution in [3.63, 3.8) is 0 Å². The predicted octanol–water partition coefficient (Wildman–Crippen LogP) is 2.04. The summed E-state index contributed by atoms with van der Waals surface area (Å²) >= 11 is 6.03. The molecule has 0 radical (unpaired) electrons. The predicted molar refractivity (Wildman–Crippen MR) is 78.5 cm³/mol. The van der Waals surface area contributed by atoms with Crippen LogP contribution in [0.5, 0.6) is 0 Å². The molecule has 1 fully saturated rings. The molecule has 0 spiro atoms. The first-order chi connectivity index (χ1) is 9.72. The van der Waals surface area contributed by atoms with Crippen LogP contribution in [0.3, 0.4) is 0 Å². The van der Waals surface area contributed by atoms with Gasteiger partial charge in [0.05, 0.1) is 18.0 Å². The van der Waals surface area contributed by atoms with Crippen LogP contribution in [-0.2, 0) is 4.74 Å². The van der Waals surface area contributed by atoms with Gasteiger partial charge in [-0.25, -0.2) is 9.97 Å². The average molecular weight is 291 g/mol. The Morgan fingerprint density at radius 2 is 2.20 bits per heavy atom. The molecule has 1 saturated heterocycles. The Labute approximate surface area is 122 Å². The Kier molecular flexibility index (Phi) is 3.82. The molecule has 1 aromatic carbocycles. The Hall–Kier alpha value is -1.69. The van der Waals surface area contributed by atoms with E-state index >= 15 is 0 Å². The molecule has 0 amide bonds. The Morgan fingerprint density at radius 1 is 1.30 bits per heavy atom. The molecule has 20 heavy (non-hydrogen) atoms. The van der Waals surface area contributed by atoms with E-state index < -0.39 is 0 Å².